The van der Waals surface area contributed by atoms with E-state index >= 15 is 0 Å². The van der Waals surface area contributed by atoms with E-state index in [0.717, 1.165) is 11.4 Å². The lowest BCUT2D eigenvalue weighted by Gasteiger charge is -2.13. The number of aromatic nitrogens is 2. The molecule has 0 aliphatic heterocycles. The van der Waals surface area contributed by atoms with Gasteiger partial charge in [-0.15, -0.1) is 0 Å². The first-order valence-electron chi connectivity index (χ1n) is 6.46. The Hall–Kier alpha value is -1.97. The zero-order chi connectivity index (χ0) is 12.4. The fourth-order valence-corrected chi connectivity index (χ4v) is 2.55. The molecular weight excluding hydrogens is 226 g/mol. The van der Waals surface area contributed by atoms with E-state index in [1.54, 1.807) is 17.0 Å². The number of anilines is 1. The van der Waals surface area contributed by atoms with Crippen molar-refractivity contribution in [2.45, 2.75) is 31.7 Å². The van der Waals surface area contributed by atoms with Gasteiger partial charge in [0.1, 0.15) is 0 Å². The van der Waals surface area contributed by atoms with Crippen molar-refractivity contribution < 1.29 is 0 Å². The normalized spacial score (nSPS) is 16.0. The molecule has 3 rings (SSSR count). The van der Waals surface area contributed by atoms with E-state index in [2.05, 4.69) is 10.3 Å². The van der Waals surface area contributed by atoms with Crippen LogP contribution in [0.25, 0.3) is 5.69 Å². The second-order valence-electron chi connectivity index (χ2n) is 4.81. The van der Waals surface area contributed by atoms with Crippen molar-refractivity contribution in [1.29, 1.82) is 0 Å². The van der Waals surface area contributed by atoms with Crippen LogP contribution in [0.3, 0.4) is 0 Å². The van der Waals surface area contributed by atoms with E-state index in [-0.39, 0.29) is 5.69 Å². The lowest BCUT2D eigenvalue weighted by atomic mass is 10.2. The second-order valence-corrected chi connectivity index (χ2v) is 4.81. The first kappa shape index (κ1) is 11.1. The van der Waals surface area contributed by atoms with Gasteiger partial charge in [0.25, 0.3) is 0 Å². The molecule has 1 saturated carbocycles. The third-order valence-electron chi connectivity index (χ3n) is 3.52. The number of imidazole rings is 1. The summed E-state index contributed by atoms with van der Waals surface area (Å²) in [6.07, 6.45) is 8.57. The smallest absolute Gasteiger partial charge is 0.330 e. The summed E-state index contributed by atoms with van der Waals surface area (Å²) in [6.45, 7) is 0. The molecule has 1 aromatic heterocycles. The van der Waals surface area contributed by atoms with E-state index in [9.17, 15) is 4.79 Å². The zero-order valence-electron chi connectivity index (χ0n) is 10.2. The minimum absolute atomic E-state index is 0.105. The largest absolute Gasteiger partial charge is 0.382 e. The molecule has 94 valence electrons. The fourth-order valence-electron chi connectivity index (χ4n) is 2.55. The van der Waals surface area contributed by atoms with E-state index in [4.69, 9.17) is 0 Å². The van der Waals surface area contributed by atoms with Crippen LogP contribution in [0.15, 0.2) is 41.5 Å². The number of aromatic amines is 1. The van der Waals surface area contributed by atoms with Crippen LogP contribution in [0.4, 0.5) is 5.69 Å². The van der Waals surface area contributed by atoms with Crippen molar-refractivity contribution in [2.75, 3.05) is 5.32 Å². The average molecular weight is 243 g/mol. The average Bonchev–Trinajstić information content (AvgIpc) is 3.02. The molecule has 1 aliphatic carbocycles. The summed E-state index contributed by atoms with van der Waals surface area (Å²) < 4.78 is 1.60. The van der Waals surface area contributed by atoms with Gasteiger partial charge >= 0.3 is 5.69 Å². The Morgan fingerprint density at radius 2 is 1.89 bits per heavy atom. The molecule has 0 spiro atoms. The highest BCUT2D eigenvalue weighted by Gasteiger charge is 2.14. The Labute approximate surface area is 106 Å². The summed E-state index contributed by atoms with van der Waals surface area (Å²) in [6, 6.07) is 8.62. The highest BCUT2D eigenvalue weighted by atomic mass is 16.1. The van der Waals surface area contributed by atoms with Gasteiger partial charge in [0.05, 0.1) is 5.69 Å². The van der Waals surface area contributed by atoms with Gasteiger partial charge in [-0.25, -0.2) is 4.79 Å². The second kappa shape index (κ2) is 4.72. The molecule has 18 heavy (non-hydrogen) atoms. The minimum atomic E-state index is -0.105. The molecule has 1 heterocycles. The number of hydrogen-bond acceptors (Lipinski definition) is 2. The molecular formula is C14H17N3O. The van der Waals surface area contributed by atoms with Crippen LogP contribution in [0.1, 0.15) is 25.7 Å². The van der Waals surface area contributed by atoms with Gasteiger partial charge in [0.2, 0.25) is 0 Å². The highest BCUT2D eigenvalue weighted by molar-refractivity contribution is 5.49. The molecule has 1 fully saturated rings. The Balaban J connectivity index is 1.76. The summed E-state index contributed by atoms with van der Waals surface area (Å²) in [5, 5.41) is 3.53. The molecule has 4 nitrogen and oxygen atoms in total. The summed E-state index contributed by atoms with van der Waals surface area (Å²) in [7, 11) is 0. The first-order valence-corrected chi connectivity index (χ1v) is 6.46. The number of nitrogens with zero attached hydrogens (tertiary/aromatic N) is 1. The van der Waals surface area contributed by atoms with Gasteiger partial charge in [-0.05, 0) is 37.1 Å². The molecule has 0 amide bonds. The maximum Gasteiger partial charge on any atom is 0.330 e. The molecule has 0 bridgehead atoms. The van der Waals surface area contributed by atoms with Crippen LogP contribution in [0.2, 0.25) is 0 Å². The van der Waals surface area contributed by atoms with Crippen molar-refractivity contribution in [2.24, 2.45) is 0 Å². The summed E-state index contributed by atoms with van der Waals surface area (Å²) in [5.41, 5.74) is 1.92. The van der Waals surface area contributed by atoms with Gasteiger partial charge in [-0.2, -0.15) is 0 Å². The standard InChI is InChI=1S/C14H17N3O/c18-14-15-9-10-17(14)13-7-5-12(6-8-13)16-11-3-1-2-4-11/h5-11,16H,1-4H2,(H,15,18). The van der Waals surface area contributed by atoms with E-state index in [1.807, 2.05) is 24.3 Å². The Morgan fingerprint density at radius 1 is 1.17 bits per heavy atom. The lowest BCUT2D eigenvalue weighted by Crippen LogP contribution is -2.15. The minimum Gasteiger partial charge on any atom is -0.382 e. The SMILES string of the molecule is O=c1[nH]ccn1-c1ccc(NC2CCCC2)cc1. The van der Waals surface area contributed by atoms with Crippen molar-refractivity contribution in [1.82, 2.24) is 9.55 Å². The molecule has 0 atom stereocenters. The van der Waals surface area contributed by atoms with Crippen molar-refractivity contribution in [3.05, 3.63) is 47.1 Å². The highest BCUT2D eigenvalue weighted by Crippen LogP contribution is 2.22. The van der Waals surface area contributed by atoms with E-state index in [0.29, 0.717) is 6.04 Å². The van der Waals surface area contributed by atoms with Gasteiger partial charge in [0, 0.05) is 24.1 Å². The summed E-state index contributed by atoms with van der Waals surface area (Å²) in [5.74, 6) is 0. The Bertz CT molecular complexity index is 561. The molecule has 0 unspecified atom stereocenters. The lowest BCUT2D eigenvalue weighted by molar-refractivity contribution is 0.755. The predicted molar refractivity (Wildman–Crippen MR) is 72.3 cm³/mol. The van der Waals surface area contributed by atoms with Crippen LogP contribution in [0, 0.1) is 0 Å². The van der Waals surface area contributed by atoms with Crippen LogP contribution in [-0.2, 0) is 0 Å². The predicted octanol–water partition coefficient (Wildman–Crippen LogP) is 2.52. The van der Waals surface area contributed by atoms with Crippen LogP contribution >= 0.6 is 0 Å². The van der Waals surface area contributed by atoms with Crippen LogP contribution in [-0.4, -0.2) is 15.6 Å². The topological polar surface area (TPSA) is 49.8 Å². The van der Waals surface area contributed by atoms with Crippen molar-refractivity contribution >= 4 is 5.69 Å². The quantitative estimate of drug-likeness (QED) is 0.870. The van der Waals surface area contributed by atoms with E-state index < -0.39 is 0 Å². The van der Waals surface area contributed by atoms with Crippen molar-refractivity contribution in [3.8, 4) is 5.69 Å². The first-order chi connectivity index (χ1) is 8.83. The molecule has 2 N–H and O–H groups in total. The van der Waals surface area contributed by atoms with Gasteiger partial charge in [-0.3, -0.25) is 4.57 Å². The van der Waals surface area contributed by atoms with E-state index in [1.165, 1.54) is 25.7 Å². The van der Waals surface area contributed by atoms with Crippen LogP contribution < -0.4 is 11.0 Å². The molecule has 0 radical (unpaired) electrons. The maximum absolute atomic E-state index is 11.5. The summed E-state index contributed by atoms with van der Waals surface area (Å²) in [4.78, 5) is 14.1. The molecule has 4 heteroatoms. The third kappa shape index (κ3) is 2.18. The third-order valence-corrected chi connectivity index (χ3v) is 3.52. The van der Waals surface area contributed by atoms with Crippen molar-refractivity contribution in [3.63, 3.8) is 0 Å². The number of nitrogens with one attached hydrogen (secondary N) is 2. The molecule has 1 aliphatic rings. The monoisotopic (exact) mass is 243 g/mol. The van der Waals surface area contributed by atoms with Crippen LogP contribution in [0.5, 0.6) is 0 Å². The molecule has 1 aromatic carbocycles. The number of benzene rings is 1. The number of hydrogen-bond donors (Lipinski definition) is 2. The fraction of sp³-hybridized carbons (Fsp3) is 0.357. The summed E-state index contributed by atoms with van der Waals surface area (Å²) >= 11 is 0. The number of H-pyrrole nitrogens is 1. The molecule has 2 aromatic rings. The Kier molecular flexibility index (Phi) is 2.92. The maximum atomic E-state index is 11.5. The molecule has 0 saturated heterocycles. The van der Waals surface area contributed by atoms with Gasteiger partial charge < -0.3 is 10.3 Å². The number of rotatable bonds is 3. The van der Waals surface area contributed by atoms with Gasteiger partial charge in [-0.1, -0.05) is 12.8 Å². The zero-order valence-corrected chi connectivity index (χ0v) is 10.2. The Morgan fingerprint density at radius 3 is 2.50 bits per heavy atom. The van der Waals surface area contributed by atoms with Gasteiger partial charge in [0.15, 0.2) is 0 Å².